The van der Waals surface area contributed by atoms with E-state index in [1.807, 2.05) is 0 Å². The van der Waals surface area contributed by atoms with Crippen LogP contribution in [0.2, 0.25) is 0 Å². The Bertz CT molecular complexity index is 278. The summed E-state index contributed by atoms with van der Waals surface area (Å²) in [5, 5.41) is 0. The van der Waals surface area contributed by atoms with Crippen molar-refractivity contribution < 1.29 is 9.53 Å². The largest absolute Gasteiger partial charge is 0.459 e. The highest BCUT2D eigenvalue weighted by molar-refractivity contribution is 5.88. The van der Waals surface area contributed by atoms with Gasteiger partial charge in [0.1, 0.15) is 0 Å². The first kappa shape index (κ1) is 9.85. The monoisotopic (exact) mass is 178 g/mol. The molecule has 1 rings (SSSR count). The SMILES string of the molecule is COC(=O)C#CC1CC=C(C)CC1. The van der Waals surface area contributed by atoms with E-state index in [-0.39, 0.29) is 0 Å². The highest BCUT2D eigenvalue weighted by atomic mass is 16.5. The van der Waals surface area contributed by atoms with Gasteiger partial charge in [-0.2, -0.15) is 0 Å². The molecule has 13 heavy (non-hydrogen) atoms. The van der Waals surface area contributed by atoms with Crippen molar-refractivity contribution in [2.45, 2.75) is 26.2 Å². The second-order valence-corrected chi connectivity index (χ2v) is 3.28. The van der Waals surface area contributed by atoms with Gasteiger partial charge in [-0.05, 0) is 26.2 Å². The van der Waals surface area contributed by atoms with Crippen LogP contribution in [0.15, 0.2) is 11.6 Å². The fourth-order valence-corrected chi connectivity index (χ4v) is 1.31. The molecule has 0 heterocycles. The number of carbonyl (C=O) groups excluding carboxylic acids is 1. The van der Waals surface area contributed by atoms with Crippen LogP contribution in [0.1, 0.15) is 26.2 Å². The van der Waals surface area contributed by atoms with Crippen LogP contribution in [0.3, 0.4) is 0 Å². The second kappa shape index (κ2) is 4.71. The zero-order chi connectivity index (χ0) is 9.68. The van der Waals surface area contributed by atoms with Crippen molar-refractivity contribution in [3.8, 4) is 11.8 Å². The van der Waals surface area contributed by atoms with E-state index in [9.17, 15) is 4.79 Å². The zero-order valence-corrected chi connectivity index (χ0v) is 8.09. The van der Waals surface area contributed by atoms with E-state index < -0.39 is 5.97 Å². The first-order valence-corrected chi connectivity index (χ1v) is 4.47. The Balaban J connectivity index is 2.46. The van der Waals surface area contributed by atoms with Crippen LogP contribution in [0, 0.1) is 17.8 Å². The Morgan fingerprint density at radius 1 is 1.69 bits per heavy atom. The Morgan fingerprint density at radius 3 is 3.00 bits per heavy atom. The van der Waals surface area contributed by atoms with Crippen LogP contribution < -0.4 is 0 Å². The maximum absolute atomic E-state index is 10.7. The standard InChI is InChI=1S/C11H14O2/c1-9-3-5-10(6-4-9)7-8-11(12)13-2/h3,10H,4-6H2,1-2H3. The molecule has 0 spiro atoms. The predicted molar refractivity (Wildman–Crippen MR) is 50.9 cm³/mol. The van der Waals surface area contributed by atoms with Crippen molar-refractivity contribution in [2.75, 3.05) is 7.11 Å². The van der Waals surface area contributed by atoms with Crippen molar-refractivity contribution in [1.29, 1.82) is 0 Å². The Hall–Kier alpha value is -1.23. The van der Waals surface area contributed by atoms with Gasteiger partial charge in [0.2, 0.25) is 0 Å². The summed E-state index contributed by atoms with van der Waals surface area (Å²) in [6.45, 7) is 2.13. The normalized spacial score (nSPS) is 21.1. The van der Waals surface area contributed by atoms with Crippen molar-refractivity contribution >= 4 is 5.97 Å². The average Bonchev–Trinajstić information content (AvgIpc) is 2.16. The van der Waals surface area contributed by atoms with Gasteiger partial charge < -0.3 is 4.74 Å². The molecule has 0 aromatic heterocycles. The molecule has 0 N–H and O–H groups in total. The molecule has 0 aromatic rings. The Kier molecular flexibility index (Phi) is 3.57. The first-order chi connectivity index (χ1) is 6.22. The maximum Gasteiger partial charge on any atom is 0.384 e. The summed E-state index contributed by atoms with van der Waals surface area (Å²) < 4.78 is 4.43. The molecule has 1 aliphatic carbocycles. The summed E-state index contributed by atoms with van der Waals surface area (Å²) in [7, 11) is 1.35. The van der Waals surface area contributed by atoms with Crippen LogP contribution >= 0.6 is 0 Å². The second-order valence-electron chi connectivity index (χ2n) is 3.28. The van der Waals surface area contributed by atoms with E-state index >= 15 is 0 Å². The van der Waals surface area contributed by atoms with Gasteiger partial charge in [0.25, 0.3) is 0 Å². The number of esters is 1. The van der Waals surface area contributed by atoms with Crippen molar-refractivity contribution in [1.82, 2.24) is 0 Å². The lowest BCUT2D eigenvalue weighted by atomic mass is 9.91. The lowest BCUT2D eigenvalue weighted by Gasteiger charge is -2.14. The molecule has 1 unspecified atom stereocenters. The lowest BCUT2D eigenvalue weighted by molar-refractivity contribution is -0.133. The average molecular weight is 178 g/mol. The molecule has 1 atom stereocenters. The van der Waals surface area contributed by atoms with E-state index in [0.717, 1.165) is 19.3 Å². The van der Waals surface area contributed by atoms with Crippen molar-refractivity contribution in [3.05, 3.63) is 11.6 Å². The number of ether oxygens (including phenoxy) is 1. The fraction of sp³-hybridized carbons (Fsp3) is 0.545. The van der Waals surface area contributed by atoms with E-state index in [1.165, 1.54) is 12.7 Å². The molecule has 0 saturated heterocycles. The Labute approximate surface area is 79.0 Å². The quantitative estimate of drug-likeness (QED) is 0.245. The number of methoxy groups -OCH3 is 1. The topological polar surface area (TPSA) is 26.3 Å². The van der Waals surface area contributed by atoms with Crippen LogP contribution in [-0.2, 0) is 9.53 Å². The van der Waals surface area contributed by atoms with Gasteiger partial charge in [0.15, 0.2) is 0 Å². The van der Waals surface area contributed by atoms with Gasteiger partial charge in [-0.15, -0.1) is 0 Å². The van der Waals surface area contributed by atoms with Gasteiger partial charge in [-0.25, -0.2) is 4.79 Å². The molecule has 1 aliphatic rings. The van der Waals surface area contributed by atoms with E-state index in [2.05, 4.69) is 29.6 Å². The van der Waals surface area contributed by atoms with Gasteiger partial charge >= 0.3 is 5.97 Å². The van der Waals surface area contributed by atoms with Crippen LogP contribution in [0.5, 0.6) is 0 Å². The zero-order valence-electron chi connectivity index (χ0n) is 8.09. The van der Waals surface area contributed by atoms with E-state index in [0.29, 0.717) is 5.92 Å². The molecule has 70 valence electrons. The van der Waals surface area contributed by atoms with Gasteiger partial charge in [-0.1, -0.05) is 17.6 Å². The molecule has 2 heteroatoms. The molecular formula is C11H14O2. The number of rotatable bonds is 0. The third-order valence-electron chi connectivity index (χ3n) is 2.20. The van der Waals surface area contributed by atoms with E-state index in [4.69, 9.17) is 0 Å². The van der Waals surface area contributed by atoms with E-state index in [1.54, 1.807) is 0 Å². The van der Waals surface area contributed by atoms with Crippen LogP contribution in [0.25, 0.3) is 0 Å². The Morgan fingerprint density at radius 2 is 2.46 bits per heavy atom. The van der Waals surface area contributed by atoms with Crippen LogP contribution in [-0.4, -0.2) is 13.1 Å². The molecule has 0 amide bonds. The lowest BCUT2D eigenvalue weighted by Crippen LogP contribution is -2.03. The number of allylic oxidation sites excluding steroid dienone is 2. The molecule has 0 fully saturated rings. The van der Waals surface area contributed by atoms with Crippen LogP contribution in [0.4, 0.5) is 0 Å². The fourth-order valence-electron chi connectivity index (χ4n) is 1.31. The summed E-state index contributed by atoms with van der Waals surface area (Å²) in [6, 6.07) is 0. The summed E-state index contributed by atoms with van der Waals surface area (Å²) in [5.41, 5.74) is 1.43. The number of carbonyl (C=O) groups is 1. The first-order valence-electron chi connectivity index (χ1n) is 4.47. The third-order valence-corrected chi connectivity index (χ3v) is 2.20. The van der Waals surface area contributed by atoms with Gasteiger partial charge in [0.05, 0.1) is 7.11 Å². The van der Waals surface area contributed by atoms with Gasteiger partial charge in [-0.3, -0.25) is 0 Å². The highest BCUT2D eigenvalue weighted by Gasteiger charge is 2.09. The van der Waals surface area contributed by atoms with Gasteiger partial charge in [0, 0.05) is 11.8 Å². The molecular weight excluding hydrogens is 164 g/mol. The minimum atomic E-state index is -0.439. The molecule has 0 aliphatic heterocycles. The summed E-state index contributed by atoms with van der Waals surface area (Å²) >= 11 is 0. The van der Waals surface area contributed by atoms with Crippen molar-refractivity contribution in [3.63, 3.8) is 0 Å². The minimum absolute atomic E-state index is 0.336. The third kappa shape index (κ3) is 3.33. The van der Waals surface area contributed by atoms with Crippen molar-refractivity contribution in [2.24, 2.45) is 5.92 Å². The smallest absolute Gasteiger partial charge is 0.384 e. The summed E-state index contributed by atoms with van der Waals surface area (Å²) in [5.74, 6) is 5.30. The molecule has 0 bridgehead atoms. The molecule has 0 saturated carbocycles. The molecule has 0 aromatic carbocycles. The molecule has 2 nitrogen and oxygen atoms in total. The summed E-state index contributed by atoms with van der Waals surface area (Å²) in [4.78, 5) is 10.7. The highest BCUT2D eigenvalue weighted by Crippen LogP contribution is 2.21. The number of hydrogen-bond acceptors (Lipinski definition) is 2. The number of hydrogen-bond donors (Lipinski definition) is 0. The summed E-state index contributed by atoms with van der Waals surface area (Å²) in [6.07, 6.45) is 5.32. The predicted octanol–water partition coefficient (Wildman–Crippen LogP) is 1.91. The maximum atomic E-state index is 10.7. The minimum Gasteiger partial charge on any atom is -0.459 e. The molecule has 0 radical (unpaired) electrons.